The van der Waals surface area contributed by atoms with Gasteiger partial charge in [-0.25, -0.2) is 14.8 Å². The molecule has 5 aromatic rings. The fourth-order valence-corrected chi connectivity index (χ4v) is 8.13. The molecule has 3 heterocycles. The van der Waals surface area contributed by atoms with Gasteiger partial charge in [0, 0.05) is 35.8 Å². The zero-order valence-corrected chi connectivity index (χ0v) is 31.1. The Balaban J connectivity index is 1.16. The third kappa shape index (κ3) is 7.72. The number of Topliss-reactive ketones (excluding diaryl/α,β-unsaturated/α-hetero) is 1. The van der Waals surface area contributed by atoms with Gasteiger partial charge in [-0.15, -0.1) is 0 Å². The number of hydrogen-bond acceptors (Lipinski definition) is 9. The normalized spacial score (nSPS) is 14.9. The molecule has 268 valence electrons. The molecule has 2 aromatic heterocycles. The molecule has 3 aromatic carbocycles. The van der Waals surface area contributed by atoms with E-state index in [0.29, 0.717) is 35.2 Å². The lowest BCUT2D eigenvalue weighted by Crippen LogP contribution is -2.33. The molecule has 1 fully saturated rings. The Morgan fingerprint density at radius 1 is 0.904 bits per heavy atom. The second-order valence-corrected chi connectivity index (χ2v) is 15.8. The van der Waals surface area contributed by atoms with Crippen molar-refractivity contribution in [1.82, 2.24) is 9.97 Å². The van der Waals surface area contributed by atoms with E-state index in [-0.39, 0.29) is 29.8 Å². The molecule has 0 atom stereocenters. The maximum Gasteiger partial charge on any atom is 0.358 e. The van der Waals surface area contributed by atoms with Crippen LogP contribution in [0.15, 0.2) is 72.8 Å². The van der Waals surface area contributed by atoms with Crippen LogP contribution in [0.1, 0.15) is 90.4 Å². The van der Waals surface area contributed by atoms with Gasteiger partial charge in [0.2, 0.25) is 0 Å². The summed E-state index contributed by atoms with van der Waals surface area (Å²) in [4.78, 5) is 52.1. The van der Waals surface area contributed by atoms with Crippen LogP contribution in [0.4, 0.5) is 16.6 Å². The summed E-state index contributed by atoms with van der Waals surface area (Å²) in [5, 5.41) is 6.96. The van der Waals surface area contributed by atoms with Crippen molar-refractivity contribution in [3.05, 3.63) is 101 Å². The number of hydrogen-bond donors (Lipinski definition) is 2. The highest BCUT2D eigenvalue weighted by atomic mass is 32.1. The van der Waals surface area contributed by atoms with Gasteiger partial charge in [0.25, 0.3) is 5.91 Å². The van der Waals surface area contributed by atoms with Crippen molar-refractivity contribution in [3.8, 4) is 11.1 Å². The zero-order chi connectivity index (χ0) is 36.4. The Morgan fingerprint density at radius 2 is 1.69 bits per heavy atom. The molecular formula is C42H45N5O4S. The third-order valence-corrected chi connectivity index (χ3v) is 10.9. The molecule has 0 bridgehead atoms. The number of benzene rings is 3. The Labute approximate surface area is 308 Å². The van der Waals surface area contributed by atoms with E-state index >= 15 is 0 Å². The predicted octanol–water partition coefficient (Wildman–Crippen LogP) is 9.00. The SMILES string of the molecule is Cc1c(NCC(=O)C2CCCCC2)cccc1-c1ccc(N2CCc3cccc(C(=O)Nc4nc5ccccc5s4)c3C2)nc1C(=O)OC(C)(C)C. The van der Waals surface area contributed by atoms with Crippen LogP contribution in [-0.4, -0.2) is 46.3 Å². The lowest BCUT2D eigenvalue weighted by Gasteiger charge is -2.31. The van der Waals surface area contributed by atoms with Crippen molar-refractivity contribution >= 4 is 55.8 Å². The first kappa shape index (κ1) is 35.3. The Bertz CT molecular complexity index is 2110. The molecule has 10 heteroatoms. The molecule has 0 saturated heterocycles. The molecule has 0 spiro atoms. The molecule has 7 rings (SSSR count). The highest BCUT2D eigenvalue weighted by Gasteiger charge is 2.28. The average molecular weight is 716 g/mol. The van der Waals surface area contributed by atoms with Crippen molar-refractivity contribution < 1.29 is 19.1 Å². The number of para-hydroxylation sites is 1. The number of rotatable bonds is 9. The second kappa shape index (κ2) is 14.9. The summed E-state index contributed by atoms with van der Waals surface area (Å²) in [5.74, 6) is 0.293. The second-order valence-electron chi connectivity index (χ2n) is 14.8. The summed E-state index contributed by atoms with van der Waals surface area (Å²) in [6.07, 6.45) is 6.10. The van der Waals surface area contributed by atoms with Crippen LogP contribution in [-0.2, 0) is 22.5 Å². The highest BCUT2D eigenvalue weighted by molar-refractivity contribution is 7.22. The number of thiazole rings is 1. The van der Waals surface area contributed by atoms with E-state index in [4.69, 9.17) is 9.72 Å². The van der Waals surface area contributed by atoms with E-state index in [1.807, 2.05) is 94.4 Å². The number of nitrogens with one attached hydrogen (secondary N) is 2. The van der Waals surface area contributed by atoms with Gasteiger partial charge in [-0.1, -0.05) is 67.0 Å². The van der Waals surface area contributed by atoms with Crippen LogP contribution in [0.2, 0.25) is 0 Å². The largest absolute Gasteiger partial charge is 0.455 e. The molecule has 1 amide bonds. The zero-order valence-electron chi connectivity index (χ0n) is 30.3. The Kier molecular flexibility index (Phi) is 10.1. The predicted molar refractivity (Wildman–Crippen MR) is 208 cm³/mol. The van der Waals surface area contributed by atoms with E-state index in [9.17, 15) is 14.4 Å². The quantitative estimate of drug-likeness (QED) is 0.146. The van der Waals surface area contributed by atoms with E-state index in [0.717, 1.165) is 70.3 Å². The molecule has 9 nitrogen and oxygen atoms in total. The number of pyridine rings is 1. The fourth-order valence-electron chi connectivity index (χ4n) is 7.27. The van der Waals surface area contributed by atoms with Gasteiger partial charge in [-0.05, 0) is 106 Å². The Morgan fingerprint density at radius 3 is 2.48 bits per heavy atom. The summed E-state index contributed by atoms with van der Waals surface area (Å²) < 4.78 is 6.90. The van der Waals surface area contributed by atoms with Crippen LogP contribution in [0.5, 0.6) is 0 Å². The molecule has 1 aliphatic heterocycles. The van der Waals surface area contributed by atoms with Crippen molar-refractivity contribution in [2.75, 3.05) is 28.6 Å². The monoisotopic (exact) mass is 715 g/mol. The van der Waals surface area contributed by atoms with Crippen molar-refractivity contribution in [2.24, 2.45) is 5.92 Å². The van der Waals surface area contributed by atoms with Gasteiger partial charge >= 0.3 is 5.97 Å². The summed E-state index contributed by atoms with van der Waals surface area (Å²) in [7, 11) is 0. The third-order valence-electron chi connectivity index (χ3n) is 9.97. The molecule has 0 radical (unpaired) electrons. The van der Waals surface area contributed by atoms with Gasteiger partial charge < -0.3 is 15.0 Å². The first-order chi connectivity index (χ1) is 25.0. The summed E-state index contributed by atoms with van der Waals surface area (Å²) >= 11 is 1.45. The molecule has 52 heavy (non-hydrogen) atoms. The van der Waals surface area contributed by atoms with Gasteiger partial charge in [-0.3, -0.25) is 14.9 Å². The van der Waals surface area contributed by atoms with E-state index < -0.39 is 11.6 Å². The number of ether oxygens (including phenoxy) is 1. The lowest BCUT2D eigenvalue weighted by molar-refractivity contribution is -0.122. The molecule has 2 N–H and O–H groups in total. The van der Waals surface area contributed by atoms with Crippen molar-refractivity contribution in [1.29, 1.82) is 0 Å². The van der Waals surface area contributed by atoms with Gasteiger partial charge in [0.1, 0.15) is 11.4 Å². The van der Waals surface area contributed by atoms with Crippen LogP contribution >= 0.6 is 11.3 Å². The maximum atomic E-state index is 13.8. The van der Waals surface area contributed by atoms with Gasteiger partial charge in [0.05, 0.1) is 16.8 Å². The number of fused-ring (bicyclic) bond motifs is 2. The number of anilines is 3. The molecule has 1 saturated carbocycles. The first-order valence-corrected chi connectivity index (χ1v) is 19.0. The summed E-state index contributed by atoms with van der Waals surface area (Å²) in [5.41, 5.74) is 6.25. The minimum Gasteiger partial charge on any atom is -0.455 e. The van der Waals surface area contributed by atoms with Crippen LogP contribution in [0, 0.1) is 12.8 Å². The maximum absolute atomic E-state index is 13.8. The molecular weight excluding hydrogens is 671 g/mol. The number of carbonyl (C=O) groups excluding carboxylic acids is 3. The van der Waals surface area contributed by atoms with Crippen molar-refractivity contribution in [3.63, 3.8) is 0 Å². The number of amides is 1. The summed E-state index contributed by atoms with van der Waals surface area (Å²) in [6.45, 7) is 8.93. The van der Waals surface area contributed by atoms with Crippen LogP contribution in [0.3, 0.4) is 0 Å². The van der Waals surface area contributed by atoms with Crippen LogP contribution in [0.25, 0.3) is 21.3 Å². The molecule has 0 unspecified atom stereocenters. The highest BCUT2D eigenvalue weighted by Crippen LogP contribution is 2.35. The topological polar surface area (TPSA) is 114 Å². The van der Waals surface area contributed by atoms with E-state index in [1.54, 1.807) is 0 Å². The van der Waals surface area contributed by atoms with Crippen molar-refractivity contribution in [2.45, 2.75) is 78.4 Å². The summed E-state index contributed by atoms with van der Waals surface area (Å²) in [6, 6.07) is 23.4. The smallest absolute Gasteiger partial charge is 0.358 e. The Hall–Kier alpha value is -5.09. The van der Waals surface area contributed by atoms with Crippen LogP contribution < -0.4 is 15.5 Å². The molecule has 1 aliphatic carbocycles. The lowest BCUT2D eigenvalue weighted by atomic mass is 9.86. The van der Waals surface area contributed by atoms with Gasteiger partial charge in [0.15, 0.2) is 16.6 Å². The standard InChI is InChI=1S/C42H45N5O4S/c1-26-29(15-11-18-33(26)43-24-35(48)28-12-6-5-7-13-28)30-20-21-37(45-38(30)40(50)51-42(2,3)4)47-23-22-27-14-10-16-31(32(27)25-47)39(49)46-41-44-34-17-8-9-19-36(34)52-41/h8-11,14-21,28,43H,5-7,12-13,22-25H2,1-4H3,(H,44,46,49). The average Bonchev–Trinajstić information content (AvgIpc) is 3.55. The fraction of sp³-hybridized carbons (Fsp3) is 0.357. The minimum atomic E-state index is -0.723. The van der Waals surface area contributed by atoms with E-state index in [1.165, 1.54) is 17.8 Å². The van der Waals surface area contributed by atoms with E-state index in [2.05, 4.69) is 26.6 Å². The number of carbonyl (C=O) groups is 3. The number of esters is 1. The minimum absolute atomic E-state index is 0.131. The van der Waals surface area contributed by atoms with Gasteiger partial charge in [-0.2, -0.15) is 0 Å². The molecule has 2 aliphatic rings. The first-order valence-electron chi connectivity index (χ1n) is 18.2. The number of aromatic nitrogens is 2. The number of nitrogens with zero attached hydrogens (tertiary/aromatic N) is 3. The number of ketones is 1.